The van der Waals surface area contributed by atoms with Crippen LogP contribution in [0.3, 0.4) is 0 Å². The molecule has 0 aromatic carbocycles. The number of imide groups is 1. The number of hydrogen-bond donors (Lipinski definition) is 3. The van der Waals surface area contributed by atoms with E-state index in [2.05, 4.69) is 10.6 Å². The zero-order valence-electron chi connectivity index (χ0n) is 9.88. The molecule has 0 aromatic rings. The maximum absolute atomic E-state index is 11.3. The minimum absolute atomic E-state index is 0.0925. The third-order valence-electron chi connectivity index (χ3n) is 3.53. The van der Waals surface area contributed by atoms with Crippen LogP contribution in [0.15, 0.2) is 0 Å². The van der Waals surface area contributed by atoms with Gasteiger partial charge in [-0.2, -0.15) is 0 Å². The normalized spacial score (nSPS) is 21.3. The molecule has 1 heterocycles. The first-order chi connectivity index (χ1) is 7.56. The Kier molecular flexibility index (Phi) is 4.44. The van der Waals surface area contributed by atoms with Crippen LogP contribution in [-0.4, -0.2) is 36.1 Å². The summed E-state index contributed by atoms with van der Waals surface area (Å²) in [5.74, 6) is -0.492. The summed E-state index contributed by atoms with van der Waals surface area (Å²) in [5.41, 5.74) is -0.189. The Morgan fingerprint density at radius 3 is 2.44 bits per heavy atom. The first-order valence-electron chi connectivity index (χ1n) is 5.75. The molecule has 2 amide bonds. The Bertz CT molecular complexity index is 266. The molecule has 5 nitrogen and oxygen atoms in total. The number of aliphatic hydroxyl groups is 1. The van der Waals surface area contributed by atoms with Crippen molar-refractivity contribution in [3.05, 3.63) is 0 Å². The second-order valence-corrected chi connectivity index (χ2v) is 4.42. The van der Waals surface area contributed by atoms with Gasteiger partial charge < -0.3 is 10.4 Å². The summed E-state index contributed by atoms with van der Waals surface area (Å²) in [6, 6.07) is -0.434. The van der Waals surface area contributed by atoms with E-state index < -0.39 is 6.04 Å². The molecular weight excluding hydrogens is 208 g/mol. The summed E-state index contributed by atoms with van der Waals surface area (Å²) in [7, 11) is 0. The van der Waals surface area contributed by atoms with Gasteiger partial charge in [-0.1, -0.05) is 13.8 Å². The topological polar surface area (TPSA) is 78.4 Å². The average molecular weight is 228 g/mol. The van der Waals surface area contributed by atoms with Crippen molar-refractivity contribution in [1.29, 1.82) is 0 Å². The first kappa shape index (κ1) is 13.1. The van der Waals surface area contributed by atoms with Crippen LogP contribution in [0.2, 0.25) is 0 Å². The average Bonchev–Trinajstić information content (AvgIpc) is 2.60. The largest absolute Gasteiger partial charge is 0.396 e. The zero-order chi connectivity index (χ0) is 12.2. The Hall–Kier alpha value is -0.940. The molecule has 92 valence electrons. The molecule has 1 rings (SSSR count). The summed E-state index contributed by atoms with van der Waals surface area (Å²) < 4.78 is 0. The summed E-state index contributed by atoms with van der Waals surface area (Å²) in [6.07, 6.45) is 1.89. The molecule has 1 saturated heterocycles. The van der Waals surface area contributed by atoms with Gasteiger partial charge in [0.1, 0.15) is 0 Å². The van der Waals surface area contributed by atoms with Gasteiger partial charge in [-0.3, -0.25) is 14.9 Å². The Morgan fingerprint density at radius 1 is 1.44 bits per heavy atom. The molecule has 3 N–H and O–H groups in total. The maximum Gasteiger partial charge on any atom is 0.244 e. The lowest BCUT2D eigenvalue weighted by Crippen LogP contribution is -2.44. The highest BCUT2D eigenvalue weighted by Gasteiger charge is 2.33. The van der Waals surface area contributed by atoms with Crippen molar-refractivity contribution in [3.63, 3.8) is 0 Å². The number of nitrogens with one attached hydrogen (secondary N) is 2. The van der Waals surface area contributed by atoms with Crippen LogP contribution in [0, 0.1) is 5.41 Å². The van der Waals surface area contributed by atoms with E-state index in [-0.39, 0.29) is 30.3 Å². The van der Waals surface area contributed by atoms with Crippen molar-refractivity contribution in [1.82, 2.24) is 10.6 Å². The first-order valence-corrected chi connectivity index (χ1v) is 5.75. The van der Waals surface area contributed by atoms with Gasteiger partial charge in [0, 0.05) is 18.6 Å². The summed E-state index contributed by atoms with van der Waals surface area (Å²) in [5, 5.41) is 14.7. The Balaban J connectivity index is 2.49. The highest BCUT2D eigenvalue weighted by Crippen LogP contribution is 2.24. The molecule has 0 radical (unpaired) electrons. The predicted octanol–water partition coefficient (Wildman–Crippen LogP) is -0.210. The van der Waals surface area contributed by atoms with Gasteiger partial charge in [0.2, 0.25) is 11.8 Å². The lowest BCUT2D eigenvalue weighted by Gasteiger charge is -2.30. The quantitative estimate of drug-likeness (QED) is 0.550. The maximum atomic E-state index is 11.3. The van der Waals surface area contributed by atoms with E-state index in [1.807, 2.05) is 13.8 Å². The van der Waals surface area contributed by atoms with Crippen LogP contribution in [0.1, 0.15) is 33.1 Å². The van der Waals surface area contributed by atoms with E-state index in [4.69, 9.17) is 0 Å². The van der Waals surface area contributed by atoms with Crippen LogP contribution in [-0.2, 0) is 9.59 Å². The van der Waals surface area contributed by atoms with Gasteiger partial charge in [-0.25, -0.2) is 0 Å². The molecule has 1 unspecified atom stereocenters. The highest BCUT2D eigenvalue weighted by atomic mass is 16.3. The molecule has 0 bridgehead atoms. The molecule has 5 heteroatoms. The number of carbonyl (C=O) groups is 2. The van der Waals surface area contributed by atoms with E-state index in [1.54, 1.807) is 0 Å². The van der Waals surface area contributed by atoms with Crippen molar-refractivity contribution in [3.8, 4) is 0 Å². The molecule has 1 fully saturated rings. The van der Waals surface area contributed by atoms with Crippen molar-refractivity contribution < 1.29 is 14.7 Å². The second kappa shape index (κ2) is 5.41. The van der Waals surface area contributed by atoms with Gasteiger partial charge in [-0.05, 0) is 12.8 Å². The van der Waals surface area contributed by atoms with Crippen LogP contribution in [0.4, 0.5) is 0 Å². The van der Waals surface area contributed by atoms with Gasteiger partial charge >= 0.3 is 0 Å². The number of carbonyl (C=O) groups excluding carboxylic acids is 2. The number of hydrogen-bond acceptors (Lipinski definition) is 4. The molecule has 0 aromatic heterocycles. The van der Waals surface area contributed by atoms with Crippen molar-refractivity contribution >= 4 is 11.8 Å². The third-order valence-corrected chi connectivity index (χ3v) is 3.53. The standard InChI is InChI=1S/C11H20N2O3/c1-3-11(4-2,7-14)6-12-8-5-9(15)13-10(8)16/h8,12,14H,3-7H2,1-2H3,(H,13,15,16). The fourth-order valence-electron chi connectivity index (χ4n) is 1.84. The highest BCUT2D eigenvalue weighted by molar-refractivity contribution is 6.05. The summed E-state index contributed by atoms with van der Waals surface area (Å²) >= 11 is 0. The number of amides is 2. The summed E-state index contributed by atoms with van der Waals surface area (Å²) in [4.78, 5) is 22.3. The molecule has 1 aliphatic heterocycles. The predicted molar refractivity (Wildman–Crippen MR) is 59.7 cm³/mol. The van der Waals surface area contributed by atoms with Crippen molar-refractivity contribution in [2.45, 2.75) is 39.2 Å². The van der Waals surface area contributed by atoms with Gasteiger partial charge in [0.05, 0.1) is 12.5 Å². The van der Waals surface area contributed by atoms with Gasteiger partial charge in [-0.15, -0.1) is 0 Å². The SMILES string of the molecule is CCC(CC)(CO)CNC1CC(=O)NC1=O. The number of rotatable bonds is 6. The van der Waals surface area contributed by atoms with Crippen LogP contribution in [0.5, 0.6) is 0 Å². The third kappa shape index (κ3) is 2.80. The minimum atomic E-state index is -0.434. The molecule has 0 spiro atoms. The van der Waals surface area contributed by atoms with E-state index in [1.165, 1.54) is 0 Å². The smallest absolute Gasteiger partial charge is 0.244 e. The molecule has 0 aliphatic carbocycles. The fraction of sp³-hybridized carbons (Fsp3) is 0.818. The second-order valence-electron chi connectivity index (χ2n) is 4.42. The van der Waals surface area contributed by atoms with Crippen LogP contribution >= 0.6 is 0 Å². The van der Waals surface area contributed by atoms with Crippen molar-refractivity contribution in [2.75, 3.05) is 13.2 Å². The number of aliphatic hydroxyl groups excluding tert-OH is 1. The van der Waals surface area contributed by atoms with E-state index in [0.29, 0.717) is 6.54 Å². The molecular formula is C11H20N2O3. The Morgan fingerprint density at radius 2 is 2.06 bits per heavy atom. The van der Waals surface area contributed by atoms with Gasteiger partial charge in [0.15, 0.2) is 0 Å². The molecule has 1 aliphatic rings. The van der Waals surface area contributed by atoms with Crippen LogP contribution < -0.4 is 10.6 Å². The van der Waals surface area contributed by atoms with Crippen LogP contribution in [0.25, 0.3) is 0 Å². The van der Waals surface area contributed by atoms with E-state index in [9.17, 15) is 14.7 Å². The van der Waals surface area contributed by atoms with Crippen molar-refractivity contribution in [2.24, 2.45) is 5.41 Å². The Labute approximate surface area is 95.6 Å². The molecule has 16 heavy (non-hydrogen) atoms. The van der Waals surface area contributed by atoms with E-state index in [0.717, 1.165) is 12.8 Å². The minimum Gasteiger partial charge on any atom is -0.396 e. The summed E-state index contributed by atoms with van der Waals surface area (Å²) in [6.45, 7) is 4.68. The van der Waals surface area contributed by atoms with Gasteiger partial charge in [0.25, 0.3) is 0 Å². The lowest BCUT2D eigenvalue weighted by atomic mass is 9.83. The molecule has 1 atom stereocenters. The fourth-order valence-corrected chi connectivity index (χ4v) is 1.84. The zero-order valence-corrected chi connectivity index (χ0v) is 9.88. The molecule has 0 saturated carbocycles. The lowest BCUT2D eigenvalue weighted by molar-refractivity contribution is -0.125. The van der Waals surface area contributed by atoms with E-state index >= 15 is 0 Å². The monoisotopic (exact) mass is 228 g/mol.